The highest BCUT2D eigenvalue weighted by Gasteiger charge is 2.36. The second kappa shape index (κ2) is 6.08. The number of rotatable bonds is 7. The molecule has 0 saturated heterocycles. The molecule has 0 atom stereocenters. The standard InChI is InChI=1S/C18H25NO2/c1-13(2)15-4-3-5-17(10-15)21-12-18(20)19(16-8-9-16)11-14-6-7-14/h3-5,10,13-14,16H,6-9,11-12H2,1-2H3. The van der Waals surface area contributed by atoms with E-state index >= 15 is 0 Å². The van der Waals surface area contributed by atoms with Gasteiger partial charge in [-0.15, -0.1) is 0 Å². The summed E-state index contributed by atoms with van der Waals surface area (Å²) in [6.45, 7) is 5.44. The fourth-order valence-corrected chi connectivity index (χ4v) is 2.61. The molecule has 114 valence electrons. The first kappa shape index (κ1) is 14.4. The third kappa shape index (κ3) is 3.99. The van der Waals surface area contributed by atoms with E-state index in [2.05, 4.69) is 24.8 Å². The van der Waals surface area contributed by atoms with Crippen LogP contribution in [0.2, 0.25) is 0 Å². The lowest BCUT2D eigenvalue weighted by Gasteiger charge is -2.22. The van der Waals surface area contributed by atoms with Crippen molar-refractivity contribution in [3.05, 3.63) is 29.8 Å². The predicted molar refractivity (Wildman–Crippen MR) is 83.5 cm³/mol. The van der Waals surface area contributed by atoms with Crippen LogP contribution < -0.4 is 4.74 Å². The highest BCUT2D eigenvalue weighted by molar-refractivity contribution is 5.78. The zero-order chi connectivity index (χ0) is 14.8. The molecule has 1 aromatic rings. The highest BCUT2D eigenvalue weighted by atomic mass is 16.5. The molecule has 0 spiro atoms. The Morgan fingerprint density at radius 2 is 2.05 bits per heavy atom. The summed E-state index contributed by atoms with van der Waals surface area (Å²) in [4.78, 5) is 14.4. The van der Waals surface area contributed by atoms with Gasteiger partial charge in [0, 0.05) is 12.6 Å². The van der Waals surface area contributed by atoms with E-state index in [0.29, 0.717) is 12.0 Å². The lowest BCUT2D eigenvalue weighted by atomic mass is 10.0. The fraction of sp³-hybridized carbons (Fsp3) is 0.611. The molecule has 1 aromatic carbocycles. The van der Waals surface area contributed by atoms with Crippen LogP contribution in [-0.4, -0.2) is 30.0 Å². The minimum absolute atomic E-state index is 0.152. The van der Waals surface area contributed by atoms with E-state index in [9.17, 15) is 4.79 Å². The summed E-state index contributed by atoms with van der Waals surface area (Å²) in [6.07, 6.45) is 4.91. The SMILES string of the molecule is CC(C)c1cccc(OCC(=O)N(CC2CC2)C2CC2)c1. The summed E-state index contributed by atoms with van der Waals surface area (Å²) >= 11 is 0. The first-order chi connectivity index (χ1) is 10.1. The van der Waals surface area contributed by atoms with Crippen molar-refractivity contribution in [2.75, 3.05) is 13.2 Å². The molecule has 0 bridgehead atoms. The summed E-state index contributed by atoms with van der Waals surface area (Å²) in [5, 5.41) is 0. The molecule has 0 heterocycles. The Balaban J connectivity index is 1.55. The lowest BCUT2D eigenvalue weighted by molar-refractivity contribution is -0.134. The van der Waals surface area contributed by atoms with Gasteiger partial charge in [-0.1, -0.05) is 26.0 Å². The van der Waals surface area contributed by atoms with Gasteiger partial charge >= 0.3 is 0 Å². The first-order valence-electron chi connectivity index (χ1n) is 8.15. The van der Waals surface area contributed by atoms with Gasteiger partial charge in [0.15, 0.2) is 6.61 Å². The van der Waals surface area contributed by atoms with Crippen molar-refractivity contribution in [3.63, 3.8) is 0 Å². The van der Waals surface area contributed by atoms with Crippen LogP contribution in [0.4, 0.5) is 0 Å². The maximum Gasteiger partial charge on any atom is 0.260 e. The lowest BCUT2D eigenvalue weighted by Crippen LogP contribution is -2.38. The number of hydrogen-bond donors (Lipinski definition) is 0. The van der Waals surface area contributed by atoms with Gasteiger partial charge in [0.2, 0.25) is 0 Å². The monoisotopic (exact) mass is 287 g/mol. The third-order valence-electron chi connectivity index (χ3n) is 4.35. The van der Waals surface area contributed by atoms with Gasteiger partial charge in [-0.2, -0.15) is 0 Å². The van der Waals surface area contributed by atoms with E-state index in [4.69, 9.17) is 4.74 Å². The summed E-state index contributed by atoms with van der Waals surface area (Å²) in [5.74, 6) is 2.18. The van der Waals surface area contributed by atoms with Crippen LogP contribution in [0.5, 0.6) is 5.75 Å². The van der Waals surface area contributed by atoms with Crippen LogP contribution in [0.3, 0.4) is 0 Å². The van der Waals surface area contributed by atoms with E-state index in [1.807, 2.05) is 18.2 Å². The van der Waals surface area contributed by atoms with Crippen molar-refractivity contribution in [3.8, 4) is 5.75 Å². The van der Waals surface area contributed by atoms with E-state index in [-0.39, 0.29) is 12.5 Å². The number of ether oxygens (including phenoxy) is 1. The minimum Gasteiger partial charge on any atom is -0.484 e. The van der Waals surface area contributed by atoms with Crippen LogP contribution in [0.15, 0.2) is 24.3 Å². The smallest absolute Gasteiger partial charge is 0.260 e. The molecule has 21 heavy (non-hydrogen) atoms. The molecule has 2 aliphatic rings. The summed E-state index contributed by atoms with van der Waals surface area (Å²) in [6, 6.07) is 8.56. The number of hydrogen-bond acceptors (Lipinski definition) is 2. The van der Waals surface area contributed by atoms with Gasteiger partial charge in [-0.3, -0.25) is 4.79 Å². The van der Waals surface area contributed by atoms with E-state index in [1.54, 1.807) is 0 Å². The molecule has 3 heteroatoms. The van der Waals surface area contributed by atoms with Gasteiger partial charge in [0.25, 0.3) is 5.91 Å². The van der Waals surface area contributed by atoms with Crippen molar-refractivity contribution in [1.82, 2.24) is 4.90 Å². The van der Waals surface area contributed by atoms with Gasteiger partial charge < -0.3 is 9.64 Å². The fourth-order valence-electron chi connectivity index (χ4n) is 2.61. The predicted octanol–water partition coefficient (Wildman–Crippen LogP) is 3.59. The largest absolute Gasteiger partial charge is 0.484 e. The van der Waals surface area contributed by atoms with Gasteiger partial charge in [-0.25, -0.2) is 0 Å². The number of carbonyl (C=O) groups excluding carboxylic acids is 1. The van der Waals surface area contributed by atoms with E-state index in [0.717, 1.165) is 18.2 Å². The van der Waals surface area contributed by atoms with Gasteiger partial charge in [0.05, 0.1) is 0 Å². The Labute approximate surface area is 127 Å². The molecule has 0 aliphatic heterocycles. The summed E-state index contributed by atoms with van der Waals surface area (Å²) < 4.78 is 5.73. The maximum absolute atomic E-state index is 12.4. The van der Waals surface area contributed by atoms with Crippen molar-refractivity contribution >= 4 is 5.91 Å². The second-order valence-electron chi connectivity index (χ2n) is 6.74. The summed E-state index contributed by atoms with van der Waals surface area (Å²) in [7, 11) is 0. The second-order valence-corrected chi connectivity index (χ2v) is 6.74. The minimum atomic E-state index is 0.152. The van der Waals surface area contributed by atoms with E-state index < -0.39 is 0 Å². The van der Waals surface area contributed by atoms with Crippen LogP contribution in [0, 0.1) is 5.92 Å². The Morgan fingerprint density at radius 1 is 1.29 bits per heavy atom. The van der Waals surface area contributed by atoms with Gasteiger partial charge in [-0.05, 0) is 55.2 Å². The number of amides is 1. The molecule has 0 unspecified atom stereocenters. The van der Waals surface area contributed by atoms with Crippen LogP contribution >= 0.6 is 0 Å². The molecule has 2 aliphatic carbocycles. The highest BCUT2D eigenvalue weighted by Crippen LogP contribution is 2.34. The normalized spacial score (nSPS) is 17.9. The van der Waals surface area contributed by atoms with Crippen LogP contribution in [0.1, 0.15) is 51.0 Å². The number of nitrogens with zero attached hydrogens (tertiary/aromatic N) is 1. The van der Waals surface area contributed by atoms with Gasteiger partial charge in [0.1, 0.15) is 5.75 Å². The Morgan fingerprint density at radius 3 is 2.67 bits per heavy atom. The summed E-state index contributed by atoms with van der Waals surface area (Å²) in [5.41, 5.74) is 1.25. The molecule has 0 aromatic heterocycles. The number of carbonyl (C=O) groups is 1. The average molecular weight is 287 g/mol. The zero-order valence-corrected chi connectivity index (χ0v) is 13.0. The maximum atomic E-state index is 12.4. The molecule has 2 fully saturated rings. The number of benzene rings is 1. The first-order valence-corrected chi connectivity index (χ1v) is 8.15. The van der Waals surface area contributed by atoms with Crippen molar-refractivity contribution < 1.29 is 9.53 Å². The van der Waals surface area contributed by atoms with E-state index in [1.165, 1.54) is 31.2 Å². The Bertz CT molecular complexity index is 504. The Kier molecular flexibility index (Phi) is 4.18. The molecular formula is C18H25NO2. The van der Waals surface area contributed by atoms with Crippen molar-refractivity contribution in [1.29, 1.82) is 0 Å². The molecule has 3 rings (SSSR count). The Hall–Kier alpha value is -1.51. The molecular weight excluding hydrogens is 262 g/mol. The zero-order valence-electron chi connectivity index (χ0n) is 13.0. The molecule has 1 amide bonds. The van der Waals surface area contributed by atoms with Crippen LogP contribution in [0.25, 0.3) is 0 Å². The molecule has 0 N–H and O–H groups in total. The van der Waals surface area contributed by atoms with Crippen molar-refractivity contribution in [2.24, 2.45) is 5.92 Å². The topological polar surface area (TPSA) is 29.5 Å². The quantitative estimate of drug-likeness (QED) is 0.767. The third-order valence-corrected chi connectivity index (χ3v) is 4.35. The van der Waals surface area contributed by atoms with Crippen LogP contribution in [-0.2, 0) is 4.79 Å². The van der Waals surface area contributed by atoms with Crippen molar-refractivity contribution in [2.45, 2.75) is 51.5 Å². The molecule has 3 nitrogen and oxygen atoms in total. The molecule has 2 saturated carbocycles. The molecule has 0 radical (unpaired) electrons. The average Bonchev–Trinajstić information content (AvgIpc) is 3.36.